The number of hydrogen-bond donors (Lipinski definition) is 2. The van der Waals surface area contributed by atoms with Crippen LogP contribution in [-0.4, -0.2) is 19.2 Å². The molecule has 0 unspecified atom stereocenters. The molecule has 0 aromatic heterocycles. The molecular formula is C16H13F5N2O2. The van der Waals surface area contributed by atoms with E-state index >= 15 is 0 Å². The molecule has 25 heavy (non-hydrogen) atoms. The fraction of sp³-hybridized carbons (Fsp3) is 0.188. The molecule has 0 aliphatic carbocycles. The first-order valence-corrected chi connectivity index (χ1v) is 7.06. The molecule has 0 atom stereocenters. The van der Waals surface area contributed by atoms with Crippen molar-refractivity contribution in [3.05, 3.63) is 59.7 Å². The Balaban J connectivity index is 1.82. The third-order valence-corrected chi connectivity index (χ3v) is 3.03. The number of carbonyl (C=O) groups is 1. The van der Waals surface area contributed by atoms with Crippen LogP contribution in [0.2, 0.25) is 0 Å². The molecule has 0 saturated carbocycles. The van der Waals surface area contributed by atoms with Crippen molar-refractivity contribution in [2.75, 3.05) is 18.5 Å². The first-order chi connectivity index (χ1) is 11.8. The van der Waals surface area contributed by atoms with E-state index in [0.29, 0.717) is 0 Å². The summed E-state index contributed by atoms with van der Waals surface area (Å²) in [6.45, 7) is -0.140. The van der Waals surface area contributed by atoms with Gasteiger partial charge >= 0.3 is 12.2 Å². The Kier molecular flexibility index (Phi) is 5.79. The molecule has 0 spiro atoms. The highest BCUT2D eigenvalue weighted by Crippen LogP contribution is 2.34. The SMILES string of the molecule is O=C(NCCOc1ccc(F)c(F)c1)Nc1ccccc1C(F)(F)F. The van der Waals surface area contributed by atoms with Crippen LogP contribution in [0, 0.1) is 11.6 Å². The number of anilines is 1. The van der Waals surface area contributed by atoms with Crippen molar-refractivity contribution in [2.24, 2.45) is 0 Å². The Labute approximate surface area is 139 Å². The maximum atomic E-state index is 13.0. The first-order valence-electron chi connectivity index (χ1n) is 7.06. The minimum Gasteiger partial charge on any atom is -0.492 e. The Morgan fingerprint density at radius 1 is 1.04 bits per heavy atom. The number of hydrogen-bond acceptors (Lipinski definition) is 2. The minimum absolute atomic E-state index is 0.0565. The lowest BCUT2D eigenvalue weighted by Crippen LogP contribution is -2.32. The van der Waals surface area contributed by atoms with Gasteiger partial charge in [0.2, 0.25) is 0 Å². The van der Waals surface area contributed by atoms with Gasteiger partial charge in [0.25, 0.3) is 0 Å². The first kappa shape index (κ1) is 18.5. The molecule has 0 bridgehead atoms. The molecule has 0 radical (unpaired) electrons. The van der Waals surface area contributed by atoms with Gasteiger partial charge in [-0.2, -0.15) is 13.2 Å². The van der Waals surface area contributed by atoms with Crippen molar-refractivity contribution in [1.29, 1.82) is 0 Å². The number of rotatable bonds is 5. The lowest BCUT2D eigenvalue weighted by atomic mass is 10.1. The summed E-state index contributed by atoms with van der Waals surface area (Å²) in [5, 5.41) is 4.39. The highest BCUT2D eigenvalue weighted by atomic mass is 19.4. The summed E-state index contributed by atoms with van der Waals surface area (Å²) >= 11 is 0. The summed E-state index contributed by atoms with van der Waals surface area (Å²) < 4.78 is 69.2. The number of para-hydroxylation sites is 1. The number of nitrogens with one attached hydrogen (secondary N) is 2. The number of carbonyl (C=O) groups excluding carboxylic acids is 1. The Hall–Kier alpha value is -2.84. The minimum atomic E-state index is -4.60. The van der Waals surface area contributed by atoms with Crippen LogP contribution in [0.3, 0.4) is 0 Å². The van der Waals surface area contributed by atoms with Crippen LogP contribution in [0.1, 0.15) is 5.56 Å². The summed E-state index contributed by atoms with van der Waals surface area (Å²) in [5.74, 6) is -2.04. The summed E-state index contributed by atoms with van der Waals surface area (Å²) in [4.78, 5) is 11.6. The second-order valence-corrected chi connectivity index (χ2v) is 4.85. The van der Waals surface area contributed by atoms with E-state index in [4.69, 9.17) is 4.74 Å². The lowest BCUT2D eigenvalue weighted by Gasteiger charge is -2.14. The summed E-state index contributed by atoms with van der Waals surface area (Å²) in [5.41, 5.74) is -1.35. The zero-order valence-electron chi connectivity index (χ0n) is 12.7. The molecular weight excluding hydrogens is 347 g/mol. The largest absolute Gasteiger partial charge is 0.492 e. The molecule has 2 rings (SSSR count). The fourth-order valence-corrected chi connectivity index (χ4v) is 1.91. The van der Waals surface area contributed by atoms with E-state index in [0.717, 1.165) is 24.3 Å². The van der Waals surface area contributed by atoms with Gasteiger partial charge in [0.1, 0.15) is 12.4 Å². The summed E-state index contributed by atoms with van der Waals surface area (Å²) in [7, 11) is 0. The van der Waals surface area contributed by atoms with E-state index in [1.165, 1.54) is 18.2 Å². The molecule has 0 fully saturated rings. The van der Waals surface area contributed by atoms with Gasteiger partial charge in [0.15, 0.2) is 11.6 Å². The Morgan fingerprint density at radius 2 is 1.76 bits per heavy atom. The average Bonchev–Trinajstić information content (AvgIpc) is 2.54. The Morgan fingerprint density at radius 3 is 2.44 bits per heavy atom. The highest BCUT2D eigenvalue weighted by molar-refractivity contribution is 5.90. The van der Waals surface area contributed by atoms with E-state index in [2.05, 4.69) is 10.6 Å². The number of amides is 2. The smallest absolute Gasteiger partial charge is 0.418 e. The fourth-order valence-electron chi connectivity index (χ4n) is 1.91. The monoisotopic (exact) mass is 360 g/mol. The Bertz CT molecular complexity index is 750. The molecule has 0 heterocycles. The van der Waals surface area contributed by atoms with Gasteiger partial charge in [0, 0.05) is 6.07 Å². The average molecular weight is 360 g/mol. The number of urea groups is 1. The predicted molar refractivity (Wildman–Crippen MR) is 80.3 cm³/mol. The summed E-state index contributed by atoms with van der Waals surface area (Å²) in [6, 6.07) is 6.62. The van der Waals surface area contributed by atoms with Crippen LogP contribution in [-0.2, 0) is 6.18 Å². The van der Waals surface area contributed by atoms with Crippen molar-refractivity contribution in [1.82, 2.24) is 5.32 Å². The van der Waals surface area contributed by atoms with Crippen molar-refractivity contribution < 1.29 is 31.5 Å². The molecule has 9 heteroatoms. The zero-order valence-corrected chi connectivity index (χ0v) is 12.7. The van der Waals surface area contributed by atoms with Crippen LogP contribution < -0.4 is 15.4 Å². The maximum absolute atomic E-state index is 13.0. The van der Waals surface area contributed by atoms with Crippen molar-refractivity contribution in [3.63, 3.8) is 0 Å². The van der Waals surface area contributed by atoms with Crippen LogP contribution in [0.25, 0.3) is 0 Å². The zero-order chi connectivity index (χ0) is 18.4. The second kappa shape index (κ2) is 7.82. The van der Waals surface area contributed by atoms with Gasteiger partial charge < -0.3 is 15.4 Å². The molecule has 0 aliphatic rings. The molecule has 2 aromatic carbocycles. The van der Waals surface area contributed by atoms with E-state index < -0.39 is 29.4 Å². The van der Waals surface area contributed by atoms with Crippen molar-refractivity contribution in [2.45, 2.75) is 6.18 Å². The van der Waals surface area contributed by atoms with Crippen LogP contribution >= 0.6 is 0 Å². The number of ether oxygens (including phenoxy) is 1. The molecule has 4 nitrogen and oxygen atoms in total. The van der Waals surface area contributed by atoms with Gasteiger partial charge in [0.05, 0.1) is 17.8 Å². The maximum Gasteiger partial charge on any atom is 0.418 e. The van der Waals surface area contributed by atoms with E-state index in [1.54, 1.807) is 0 Å². The molecule has 134 valence electrons. The van der Waals surface area contributed by atoms with Crippen molar-refractivity contribution in [3.8, 4) is 5.75 Å². The lowest BCUT2D eigenvalue weighted by molar-refractivity contribution is -0.136. The standard InChI is InChI=1S/C16H13F5N2O2/c17-12-6-5-10(9-13(12)18)25-8-7-22-15(24)23-14-4-2-1-3-11(14)16(19,20)21/h1-6,9H,7-8H2,(H2,22,23,24). The van der Waals surface area contributed by atoms with Crippen LogP contribution in [0.5, 0.6) is 5.75 Å². The quantitative estimate of drug-likeness (QED) is 0.621. The third-order valence-electron chi connectivity index (χ3n) is 3.03. The van der Waals surface area contributed by atoms with E-state index in [1.807, 2.05) is 0 Å². The molecule has 2 amide bonds. The molecule has 0 aliphatic heterocycles. The van der Waals surface area contributed by atoms with Gasteiger partial charge in [-0.25, -0.2) is 13.6 Å². The molecule has 0 saturated heterocycles. The van der Waals surface area contributed by atoms with Gasteiger partial charge in [-0.05, 0) is 24.3 Å². The molecule has 2 N–H and O–H groups in total. The normalized spacial score (nSPS) is 11.1. The number of alkyl halides is 3. The third kappa shape index (κ3) is 5.33. The summed E-state index contributed by atoms with van der Waals surface area (Å²) in [6.07, 6.45) is -4.60. The predicted octanol–water partition coefficient (Wildman–Crippen LogP) is 4.18. The topological polar surface area (TPSA) is 50.4 Å². The highest BCUT2D eigenvalue weighted by Gasteiger charge is 2.33. The van der Waals surface area contributed by atoms with Gasteiger partial charge in [-0.3, -0.25) is 0 Å². The van der Waals surface area contributed by atoms with Gasteiger partial charge in [-0.1, -0.05) is 12.1 Å². The van der Waals surface area contributed by atoms with Crippen LogP contribution in [0.15, 0.2) is 42.5 Å². The second-order valence-electron chi connectivity index (χ2n) is 4.85. The van der Waals surface area contributed by atoms with Crippen LogP contribution in [0.4, 0.5) is 32.4 Å². The van der Waals surface area contributed by atoms with Crippen molar-refractivity contribution >= 4 is 11.7 Å². The van der Waals surface area contributed by atoms with E-state index in [9.17, 15) is 26.7 Å². The number of benzene rings is 2. The number of halogens is 5. The van der Waals surface area contributed by atoms with Gasteiger partial charge in [-0.15, -0.1) is 0 Å². The molecule has 2 aromatic rings. The van der Waals surface area contributed by atoms with E-state index in [-0.39, 0.29) is 24.6 Å².